The Morgan fingerprint density at radius 2 is 1.89 bits per heavy atom. The van der Waals surface area contributed by atoms with E-state index in [1.54, 1.807) is 7.11 Å². The topological polar surface area (TPSA) is 55.3 Å². The van der Waals surface area contributed by atoms with E-state index in [1.807, 2.05) is 31.3 Å². The lowest BCUT2D eigenvalue weighted by molar-refractivity contribution is 0.00989. The third-order valence-electron chi connectivity index (χ3n) is 4.27. The Hall–Kier alpha value is -0.770. The Kier molecular flexibility index (Phi) is 12.8. The quantitative estimate of drug-likeness (QED) is 0.238. The molecule has 1 heterocycles. The Balaban J connectivity index is 0.00000364. The van der Waals surface area contributed by atoms with Crippen molar-refractivity contribution in [2.24, 2.45) is 4.99 Å². The van der Waals surface area contributed by atoms with Crippen LogP contribution in [-0.2, 0) is 9.47 Å². The van der Waals surface area contributed by atoms with Gasteiger partial charge in [-0.1, -0.05) is 11.6 Å². The molecule has 0 aliphatic carbocycles. The van der Waals surface area contributed by atoms with Crippen molar-refractivity contribution in [1.82, 2.24) is 10.2 Å². The number of likely N-dealkylation sites (tertiary alicyclic amines) is 1. The lowest BCUT2D eigenvalue weighted by Crippen LogP contribution is -2.47. The van der Waals surface area contributed by atoms with Gasteiger partial charge in [-0.3, -0.25) is 4.99 Å². The smallest absolute Gasteiger partial charge is 0.193 e. The van der Waals surface area contributed by atoms with Crippen LogP contribution in [0, 0.1) is 0 Å². The first-order chi connectivity index (χ1) is 12.7. The molecule has 1 N–H and O–H groups in total. The maximum atomic E-state index is 5.91. The summed E-state index contributed by atoms with van der Waals surface area (Å²) in [7, 11) is 3.54. The monoisotopic (exact) mass is 511 g/mol. The predicted molar refractivity (Wildman–Crippen MR) is 121 cm³/mol. The largest absolute Gasteiger partial charge is 0.492 e. The summed E-state index contributed by atoms with van der Waals surface area (Å²) in [5.74, 6) is 1.74. The maximum absolute atomic E-state index is 5.91. The first kappa shape index (κ1) is 24.3. The average molecular weight is 512 g/mol. The Morgan fingerprint density at radius 3 is 2.52 bits per heavy atom. The van der Waals surface area contributed by atoms with Crippen LogP contribution in [0.5, 0.6) is 5.75 Å². The van der Waals surface area contributed by atoms with E-state index in [2.05, 4.69) is 15.2 Å². The van der Waals surface area contributed by atoms with Crippen molar-refractivity contribution < 1.29 is 14.2 Å². The zero-order valence-electron chi connectivity index (χ0n) is 16.2. The van der Waals surface area contributed by atoms with Crippen LogP contribution in [0.4, 0.5) is 0 Å². The van der Waals surface area contributed by atoms with E-state index in [0.29, 0.717) is 24.3 Å². The number of nitrogens with one attached hydrogen (secondary N) is 1. The molecule has 1 aromatic carbocycles. The molecule has 2 rings (SSSR count). The second-order valence-electron chi connectivity index (χ2n) is 6.18. The van der Waals surface area contributed by atoms with Gasteiger partial charge in [-0.2, -0.15) is 0 Å². The molecule has 27 heavy (non-hydrogen) atoms. The minimum absolute atomic E-state index is 0. The molecular formula is C19H31ClIN3O3. The molecular weight excluding hydrogens is 481 g/mol. The number of hydrogen-bond donors (Lipinski definition) is 1. The third kappa shape index (κ3) is 9.32. The van der Waals surface area contributed by atoms with Crippen molar-refractivity contribution >= 4 is 41.5 Å². The number of guanidine groups is 1. The van der Waals surface area contributed by atoms with Crippen molar-refractivity contribution in [3.05, 3.63) is 29.3 Å². The van der Waals surface area contributed by atoms with Crippen molar-refractivity contribution in [2.75, 3.05) is 53.6 Å². The number of methoxy groups -OCH3 is 1. The molecule has 0 amide bonds. The minimum atomic E-state index is 0. The molecule has 0 atom stereocenters. The summed E-state index contributed by atoms with van der Waals surface area (Å²) in [5.41, 5.74) is 0. The lowest BCUT2D eigenvalue weighted by atomic mass is 10.1. The second kappa shape index (κ2) is 14.3. The summed E-state index contributed by atoms with van der Waals surface area (Å²) in [6, 6.07) is 7.39. The molecule has 0 aromatic heterocycles. The highest BCUT2D eigenvalue weighted by Crippen LogP contribution is 2.16. The van der Waals surface area contributed by atoms with Gasteiger partial charge in [0.15, 0.2) is 5.96 Å². The van der Waals surface area contributed by atoms with Crippen LogP contribution in [-0.4, -0.2) is 70.6 Å². The average Bonchev–Trinajstić information content (AvgIpc) is 2.67. The van der Waals surface area contributed by atoms with Crippen LogP contribution in [0.3, 0.4) is 0 Å². The number of benzene rings is 1. The van der Waals surface area contributed by atoms with Crippen LogP contribution in [0.15, 0.2) is 29.3 Å². The van der Waals surface area contributed by atoms with E-state index in [9.17, 15) is 0 Å². The minimum Gasteiger partial charge on any atom is -0.492 e. The molecule has 1 aliphatic rings. The van der Waals surface area contributed by atoms with E-state index in [0.717, 1.165) is 57.3 Å². The molecule has 0 spiro atoms. The summed E-state index contributed by atoms with van der Waals surface area (Å²) >= 11 is 5.87. The van der Waals surface area contributed by atoms with Gasteiger partial charge in [0.1, 0.15) is 12.4 Å². The van der Waals surface area contributed by atoms with Crippen LogP contribution < -0.4 is 10.1 Å². The van der Waals surface area contributed by atoms with E-state index >= 15 is 0 Å². The number of nitrogens with zero attached hydrogens (tertiary/aromatic N) is 2. The molecule has 0 unspecified atom stereocenters. The summed E-state index contributed by atoms with van der Waals surface area (Å²) in [4.78, 5) is 6.66. The fraction of sp³-hybridized carbons (Fsp3) is 0.632. The van der Waals surface area contributed by atoms with Crippen LogP contribution in [0.25, 0.3) is 0 Å². The summed E-state index contributed by atoms with van der Waals surface area (Å²) in [6.07, 6.45) is 3.34. The van der Waals surface area contributed by atoms with Crippen LogP contribution in [0.2, 0.25) is 5.02 Å². The van der Waals surface area contributed by atoms with Gasteiger partial charge >= 0.3 is 0 Å². The summed E-state index contributed by atoms with van der Waals surface area (Å²) in [6.45, 7) is 4.70. The highest BCUT2D eigenvalue weighted by Gasteiger charge is 2.21. The number of halogens is 2. The van der Waals surface area contributed by atoms with Gasteiger partial charge in [-0.05, 0) is 43.5 Å². The number of hydrogen-bond acceptors (Lipinski definition) is 4. The van der Waals surface area contributed by atoms with Gasteiger partial charge in [0.2, 0.25) is 0 Å². The molecule has 0 radical (unpaired) electrons. The molecule has 154 valence electrons. The van der Waals surface area contributed by atoms with Gasteiger partial charge in [-0.25, -0.2) is 0 Å². The SMILES string of the molecule is CN=C(NCCOc1ccc(Cl)cc1)N1CCC(OCCCOC)CC1.I. The van der Waals surface area contributed by atoms with E-state index < -0.39 is 0 Å². The van der Waals surface area contributed by atoms with Crippen molar-refractivity contribution in [2.45, 2.75) is 25.4 Å². The molecule has 6 nitrogen and oxygen atoms in total. The Labute approximate surface area is 184 Å². The molecule has 8 heteroatoms. The van der Waals surface area contributed by atoms with Crippen molar-refractivity contribution in [3.8, 4) is 5.75 Å². The molecule has 0 saturated carbocycles. The van der Waals surface area contributed by atoms with Crippen LogP contribution in [0.1, 0.15) is 19.3 Å². The lowest BCUT2D eigenvalue weighted by Gasteiger charge is -2.34. The van der Waals surface area contributed by atoms with Crippen molar-refractivity contribution in [3.63, 3.8) is 0 Å². The van der Waals surface area contributed by atoms with E-state index in [-0.39, 0.29) is 24.0 Å². The molecule has 1 saturated heterocycles. The van der Waals surface area contributed by atoms with E-state index in [1.165, 1.54) is 0 Å². The first-order valence-electron chi connectivity index (χ1n) is 9.17. The van der Waals surface area contributed by atoms with E-state index in [4.69, 9.17) is 25.8 Å². The van der Waals surface area contributed by atoms with Gasteiger partial charge in [0.25, 0.3) is 0 Å². The highest BCUT2D eigenvalue weighted by atomic mass is 127. The highest BCUT2D eigenvalue weighted by molar-refractivity contribution is 14.0. The zero-order valence-corrected chi connectivity index (χ0v) is 19.2. The van der Waals surface area contributed by atoms with Gasteiger partial charge in [0.05, 0.1) is 12.6 Å². The number of aliphatic imine (C=N–C) groups is 1. The number of ether oxygens (including phenoxy) is 3. The molecule has 1 aromatic rings. The first-order valence-corrected chi connectivity index (χ1v) is 9.55. The normalized spacial score (nSPS) is 15.4. The Morgan fingerprint density at radius 1 is 1.19 bits per heavy atom. The second-order valence-corrected chi connectivity index (χ2v) is 6.62. The zero-order chi connectivity index (χ0) is 18.6. The molecule has 1 aliphatic heterocycles. The van der Waals surface area contributed by atoms with Crippen molar-refractivity contribution in [1.29, 1.82) is 0 Å². The standard InChI is InChI=1S/C19H30ClN3O3.HI/c1-21-19(22-10-15-26-17-6-4-16(20)5-7-17)23-11-8-18(9-12-23)25-14-3-13-24-2;/h4-7,18H,3,8-15H2,1-2H3,(H,21,22);1H. The Bertz CT molecular complexity index is 538. The number of rotatable bonds is 9. The predicted octanol–water partition coefficient (Wildman–Crippen LogP) is 3.43. The van der Waals surface area contributed by atoms with Crippen LogP contribution >= 0.6 is 35.6 Å². The fourth-order valence-electron chi connectivity index (χ4n) is 2.88. The van der Waals surface area contributed by atoms with Gasteiger partial charge in [0, 0.05) is 45.5 Å². The summed E-state index contributed by atoms with van der Waals surface area (Å²) < 4.78 is 16.7. The third-order valence-corrected chi connectivity index (χ3v) is 4.52. The fourth-order valence-corrected chi connectivity index (χ4v) is 3.01. The van der Waals surface area contributed by atoms with Gasteiger partial charge < -0.3 is 24.4 Å². The summed E-state index contributed by atoms with van der Waals surface area (Å²) in [5, 5.41) is 4.07. The van der Waals surface area contributed by atoms with Gasteiger partial charge in [-0.15, -0.1) is 24.0 Å². The molecule has 1 fully saturated rings. The molecule has 0 bridgehead atoms. The number of piperidine rings is 1. The maximum Gasteiger partial charge on any atom is 0.193 e.